The van der Waals surface area contributed by atoms with E-state index in [2.05, 4.69) is 179 Å². The number of esters is 3. The van der Waals surface area contributed by atoms with Crippen molar-refractivity contribution in [3.8, 4) is 0 Å². The molecule has 0 aromatic heterocycles. The first-order valence-electron chi connectivity index (χ1n) is 33.0. The van der Waals surface area contributed by atoms with Crippen molar-refractivity contribution in [3.63, 3.8) is 0 Å². The van der Waals surface area contributed by atoms with E-state index in [9.17, 15) is 14.4 Å². The summed E-state index contributed by atoms with van der Waals surface area (Å²) in [4.78, 5) is 38.4. The van der Waals surface area contributed by atoms with Crippen molar-refractivity contribution in [1.29, 1.82) is 0 Å². The van der Waals surface area contributed by atoms with Gasteiger partial charge in [-0.15, -0.1) is 0 Å². The molecule has 6 nitrogen and oxygen atoms in total. The lowest BCUT2D eigenvalue weighted by Gasteiger charge is -2.18. The van der Waals surface area contributed by atoms with Gasteiger partial charge in [0.05, 0.1) is 0 Å². The van der Waals surface area contributed by atoms with Crippen LogP contribution in [0.4, 0.5) is 0 Å². The normalized spacial score (nSPS) is 13.2. The summed E-state index contributed by atoms with van der Waals surface area (Å²) in [5.74, 6) is -0.940. The van der Waals surface area contributed by atoms with Crippen LogP contribution in [0.15, 0.2) is 158 Å². The van der Waals surface area contributed by atoms with Crippen LogP contribution >= 0.6 is 0 Å². The SMILES string of the molecule is CC/C=C\C/C=C\C/C=C\C/C=C\C/C=C\CCCCCCCCCCCCCC(=O)OCC(COC(=O)CCCCCC/C=C\C/C=C\C/C=C\C/C=C\CC)OC(=O)CCCCCCCC/C=C\C/C=C\C/C=C\C/C=C\CC. The molecule has 0 saturated heterocycles. The Morgan fingerprint density at radius 3 is 0.691 bits per heavy atom. The molecule has 0 bridgehead atoms. The Kier molecular flexibility index (Phi) is 63.4. The first-order chi connectivity index (χ1) is 40.0. The Morgan fingerprint density at radius 2 is 0.444 bits per heavy atom. The fourth-order valence-electron chi connectivity index (χ4n) is 8.69. The smallest absolute Gasteiger partial charge is 0.306 e. The van der Waals surface area contributed by atoms with Gasteiger partial charge in [-0.2, -0.15) is 0 Å². The second-order valence-corrected chi connectivity index (χ2v) is 21.2. The van der Waals surface area contributed by atoms with Gasteiger partial charge in [-0.25, -0.2) is 0 Å². The first-order valence-corrected chi connectivity index (χ1v) is 33.0. The van der Waals surface area contributed by atoms with E-state index in [1.54, 1.807) is 0 Å². The van der Waals surface area contributed by atoms with Crippen molar-refractivity contribution >= 4 is 17.9 Å². The van der Waals surface area contributed by atoms with Crippen molar-refractivity contribution in [2.75, 3.05) is 13.2 Å². The molecule has 0 amide bonds. The molecular weight excluding hydrogens is 997 g/mol. The molecule has 0 heterocycles. The quantitative estimate of drug-likeness (QED) is 0.0261. The molecule has 0 saturated carbocycles. The zero-order valence-electron chi connectivity index (χ0n) is 52.2. The Hall–Kier alpha value is -4.97. The molecule has 0 radical (unpaired) electrons. The lowest BCUT2D eigenvalue weighted by Crippen LogP contribution is -2.30. The molecule has 1 atom stereocenters. The Labute approximate surface area is 499 Å². The van der Waals surface area contributed by atoms with Crippen molar-refractivity contribution in [3.05, 3.63) is 158 Å². The van der Waals surface area contributed by atoms with Crippen molar-refractivity contribution in [2.24, 2.45) is 0 Å². The van der Waals surface area contributed by atoms with Crippen LogP contribution in [0.3, 0.4) is 0 Å². The highest BCUT2D eigenvalue weighted by Gasteiger charge is 2.19. The molecule has 0 aliphatic carbocycles. The summed E-state index contributed by atoms with van der Waals surface area (Å²) in [6.07, 6.45) is 98.2. The molecule has 0 fully saturated rings. The number of allylic oxidation sites excluding steroid dienone is 26. The fourth-order valence-corrected chi connectivity index (χ4v) is 8.69. The summed E-state index contributed by atoms with van der Waals surface area (Å²) in [5, 5.41) is 0. The maximum atomic E-state index is 12.9. The van der Waals surface area contributed by atoms with Gasteiger partial charge in [0.15, 0.2) is 6.10 Å². The predicted octanol–water partition coefficient (Wildman–Crippen LogP) is 22.9. The summed E-state index contributed by atoms with van der Waals surface area (Å²) >= 11 is 0. The van der Waals surface area contributed by atoms with Crippen LogP contribution in [0.1, 0.15) is 278 Å². The third-order valence-corrected chi connectivity index (χ3v) is 13.5. The van der Waals surface area contributed by atoms with Gasteiger partial charge in [0, 0.05) is 19.3 Å². The highest BCUT2D eigenvalue weighted by molar-refractivity contribution is 5.71. The van der Waals surface area contributed by atoms with Crippen molar-refractivity contribution in [1.82, 2.24) is 0 Å². The largest absolute Gasteiger partial charge is 0.462 e. The molecule has 81 heavy (non-hydrogen) atoms. The van der Waals surface area contributed by atoms with E-state index >= 15 is 0 Å². The number of rotatable bonds is 58. The topological polar surface area (TPSA) is 78.9 Å². The second-order valence-electron chi connectivity index (χ2n) is 21.2. The minimum Gasteiger partial charge on any atom is -0.462 e. The maximum absolute atomic E-state index is 12.9. The number of ether oxygens (including phenoxy) is 3. The molecule has 6 heteroatoms. The third kappa shape index (κ3) is 65.7. The standard InChI is InChI=1S/C75H120O6/c1-4-7-10-13-16-19-22-25-28-31-33-34-35-36-37-38-39-40-42-44-47-50-53-56-59-62-65-68-74(77)80-71-72(70-79-73(76)67-64-61-58-55-52-49-46-43-30-27-24-21-18-15-12-9-6-3)81-75(78)69-66-63-60-57-54-51-48-45-41-32-29-26-23-20-17-14-11-8-5-2/h7-12,16-21,25-30,33-34,36-37,41,45-46,49,72H,4-6,13-15,22-24,31-32,35,38-40,42-44,47-48,50-71H2,1-3H3/b10-7-,11-8-,12-9-,19-16-,20-17-,21-18-,28-25-,29-26-,30-27-,34-33-,37-36-,45-41-,49-46-. The lowest BCUT2D eigenvalue weighted by atomic mass is 10.0. The average Bonchev–Trinajstić information content (AvgIpc) is 3.47. The molecule has 0 aliphatic rings. The van der Waals surface area contributed by atoms with E-state index in [1.807, 2.05) is 0 Å². The molecule has 0 aromatic carbocycles. The molecule has 0 aromatic rings. The van der Waals surface area contributed by atoms with Crippen LogP contribution in [0.25, 0.3) is 0 Å². The number of carbonyl (C=O) groups is 3. The first kappa shape index (κ1) is 76.0. The highest BCUT2D eigenvalue weighted by Crippen LogP contribution is 2.15. The van der Waals surface area contributed by atoms with Crippen LogP contribution in [0.2, 0.25) is 0 Å². The van der Waals surface area contributed by atoms with Gasteiger partial charge in [-0.1, -0.05) is 275 Å². The molecular formula is C75H120O6. The summed E-state index contributed by atoms with van der Waals surface area (Å²) in [6, 6.07) is 0. The molecule has 0 rings (SSSR count). The maximum Gasteiger partial charge on any atom is 0.306 e. The molecule has 0 N–H and O–H groups in total. The van der Waals surface area contributed by atoms with Crippen LogP contribution in [-0.4, -0.2) is 37.2 Å². The van der Waals surface area contributed by atoms with Crippen LogP contribution in [0.5, 0.6) is 0 Å². The number of unbranched alkanes of at least 4 members (excludes halogenated alkanes) is 21. The van der Waals surface area contributed by atoms with Crippen LogP contribution in [0, 0.1) is 0 Å². The predicted molar refractivity (Wildman–Crippen MR) is 352 cm³/mol. The van der Waals surface area contributed by atoms with E-state index in [-0.39, 0.29) is 31.1 Å². The second kappa shape index (κ2) is 67.5. The Morgan fingerprint density at radius 1 is 0.247 bits per heavy atom. The third-order valence-electron chi connectivity index (χ3n) is 13.5. The highest BCUT2D eigenvalue weighted by atomic mass is 16.6. The van der Waals surface area contributed by atoms with Gasteiger partial charge >= 0.3 is 17.9 Å². The molecule has 0 aliphatic heterocycles. The monoisotopic (exact) mass is 1120 g/mol. The van der Waals surface area contributed by atoms with Gasteiger partial charge < -0.3 is 14.2 Å². The van der Waals surface area contributed by atoms with Crippen molar-refractivity contribution in [2.45, 2.75) is 284 Å². The van der Waals surface area contributed by atoms with Gasteiger partial charge in [0.1, 0.15) is 13.2 Å². The number of hydrogen-bond acceptors (Lipinski definition) is 6. The average molecular weight is 1120 g/mol. The van der Waals surface area contributed by atoms with Gasteiger partial charge in [-0.3, -0.25) is 14.4 Å². The minimum absolute atomic E-state index is 0.0994. The fraction of sp³-hybridized carbons (Fsp3) is 0.613. The lowest BCUT2D eigenvalue weighted by molar-refractivity contribution is -0.167. The summed E-state index contributed by atoms with van der Waals surface area (Å²) in [6.45, 7) is 6.27. The zero-order chi connectivity index (χ0) is 58.5. The minimum atomic E-state index is -0.807. The Balaban J connectivity index is 4.42. The van der Waals surface area contributed by atoms with E-state index in [1.165, 1.54) is 70.6 Å². The van der Waals surface area contributed by atoms with E-state index in [4.69, 9.17) is 14.2 Å². The van der Waals surface area contributed by atoms with E-state index in [0.29, 0.717) is 19.3 Å². The van der Waals surface area contributed by atoms with Gasteiger partial charge in [-0.05, 0) is 141 Å². The Bertz CT molecular complexity index is 1810. The molecule has 456 valence electrons. The number of hydrogen-bond donors (Lipinski definition) is 0. The van der Waals surface area contributed by atoms with Crippen LogP contribution < -0.4 is 0 Å². The van der Waals surface area contributed by atoms with Gasteiger partial charge in [0.2, 0.25) is 0 Å². The molecule has 1 unspecified atom stereocenters. The summed E-state index contributed by atoms with van der Waals surface area (Å²) in [7, 11) is 0. The van der Waals surface area contributed by atoms with E-state index in [0.717, 1.165) is 167 Å². The summed E-state index contributed by atoms with van der Waals surface area (Å²) in [5.41, 5.74) is 0. The molecule has 0 spiro atoms. The van der Waals surface area contributed by atoms with Crippen molar-refractivity contribution < 1.29 is 28.6 Å². The van der Waals surface area contributed by atoms with Gasteiger partial charge in [0.25, 0.3) is 0 Å². The van der Waals surface area contributed by atoms with Crippen LogP contribution in [-0.2, 0) is 28.6 Å². The number of carbonyl (C=O) groups excluding carboxylic acids is 3. The zero-order valence-corrected chi connectivity index (χ0v) is 52.2. The summed E-state index contributed by atoms with van der Waals surface area (Å²) < 4.78 is 16.9. The van der Waals surface area contributed by atoms with E-state index < -0.39 is 6.10 Å².